The maximum absolute atomic E-state index is 6.03. The van der Waals surface area contributed by atoms with E-state index in [2.05, 4.69) is 22.2 Å². The maximum atomic E-state index is 6.03. The quantitative estimate of drug-likeness (QED) is 0.422. The van der Waals surface area contributed by atoms with Crippen molar-refractivity contribution in [1.29, 1.82) is 0 Å². The third-order valence-corrected chi connectivity index (χ3v) is 4.11. The number of aliphatic imine (C=N–C) groups is 1. The van der Waals surface area contributed by atoms with Gasteiger partial charge in [0.1, 0.15) is 0 Å². The van der Waals surface area contributed by atoms with E-state index in [9.17, 15) is 0 Å². The van der Waals surface area contributed by atoms with E-state index in [1.54, 1.807) is 6.20 Å². The van der Waals surface area contributed by atoms with Gasteiger partial charge in [-0.15, -0.1) is 0 Å². The Morgan fingerprint density at radius 3 is 2.55 bits per heavy atom. The molecule has 0 saturated heterocycles. The number of guanidine groups is 1. The highest BCUT2D eigenvalue weighted by atomic mass is 16.5. The standard InChI is InChI=1S/C23H26N4O2/c1-3-15-28-20-8-4-5-9-21(20)29-22-18(7-6-14-25-22)16-26-23(24)27-19-12-10-17(2)11-13-19/h4-14H,3,15-16H2,1-2H3,(H3,24,26,27). The number of pyridine rings is 1. The SMILES string of the molecule is CCCOc1ccccc1Oc1ncccc1CN=C(N)Nc1ccc(C)cc1. The van der Waals surface area contributed by atoms with Gasteiger partial charge in [-0.05, 0) is 43.7 Å². The van der Waals surface area contributed by atoms with Gasteiger partial charge < -0.3 is 20.5 Å². The summed E-state index contributed by atoms with van der Waals surface area (Å²) >= 11 is 0. The van der Waals surface area contributed by atoms with Crippen LogP contribution in [-0.4, -0.2) is 17.6 Å². The van der Waals surface area contributed by atoms with Crippen LogP contribution >= 0.6 is 0 Å². The molecule has 0 saturated carbocycles. The maximum Gasteiger partial charge on any atom is 0.224 e. The number of hydrogen-bond donors (Lipinski definition) is 2. The summed E-state index contributed by atoms with van der Waals surface area (Å²) < 4.78 is 11.8. The van der Waals surface area contributed by atoms with Crippen molar-refractivity contribution in [3.05, 3.63) is 78.0 Å². The van der Waals surface area contributed by atoms with E-state index in [0.29, 0.717) is 36.5 Å². The Morgan fingerprint density at radius 1 is 1.03 bits per heavy atom. The van der Waals surface area contributed by atoms with Crippen LogP contribution in [0, 0.1) is 6.92 Å². The summed E-state index contributed by atoms with van der Waals surface area (Å²) in [6, 6.07) is 19.3. The topological polar surface area (TPSA) is 81.8 Å². The number of nitrogens with one attached hydrogen (secondary N) is 1. The van der Waals surface area contributed by atoms with E-state index >= 15 is 0 Å². The van der Waals surface area contributed by atoms with Crippen molar-refractivity contribution in [2.75, 3.05) is 11.9 Å². The Labute approximate surface area is 171 Å². The Kier molecular flexibility index (Phi) is 7.05. The zero-order valence-electron chi connectivity index (χ0n) is 16.8. The van der Waals surface area contributed by atoms with E-state index in [-0.39, 0.29) is 0 Å². The van der Waals surface area contributed by atoms with Crippen molar-refractivity contribution in [2.45, 2.75) is 26.8 Å². The van der Waals surface area contributed by atoms with E-state index in [4.69, 9.17) is 15.2 Å². The monoisotopic (exact) mass is 390 g/mol. The van der Waals surface area contributed by atoms with Crippen LogP contribution < -0.4 is 20.5 Å². The lowest BCUT2D eigenvalue weighted by atomic mass is 10.2. The second-order valence-corrected chi connectivity index (χ2v) is 6.56. The largest absolute Gasteiger partial charge is 0.490 e. The molecule has 0 amide bonds. The number of aromatic nitrogens is 1. The van der Waals surface area contributed by atoms with Crippen LogP contribution in [0.5, 0.6) is 17.4 Å². The average molecular weight is 390 g/mol. The Balaban J connectivity index is 1.71. The van der Waals surface area contributed by atoms with Gasteiger partial charge in [0.15, 0.2) is 17.5 Å². The molecule has 0 aliphatic rings. The summed E-state index contributed by atoms with van der Waals surface area (Å²) in [5.74, 6) is 2.12. The molecule has 3 rings (SSSR count). The third-order valence-electron chi connectivity index (χ3n) is 4.11. The number of anilines is 1. The predicted molar refractivity (Wildman–Crippen MR) is 117 cm³/mol. The summed E-state index contributed by atoms with van der Waals surface area (Å²) in [5, 5.41) is 3.09. The smallest absolute Gasteiger partial charge is 0.224 e. The lowest BCUT2D eigenvalue weighted by molar-refractivity contribution is 0.300. The van der Waals surface area contributed by atoms with Gasteiger partial charge in [0.25, 0.3) is 0 Å². The Hall–Kier alpha value is -3.54. The number of para-hydroxylation sites is 2. The Bertz CT molecular complexity index is 955. The second kappa shape index (κ2) is 10.1. The molecule has 0 spiro atoms. The highest BCUT2D eigenvalue weighted by Gasteiger charge is 2.10. The number of rotatable bonds is 8. The molecule has 1 heterocycles. The van der Waals surface area contributed by atoms with Gasteiger partial charge in [-0.2, -0.15) is 0 Å². The van der Waals surface area contributed by atoms with Crippen LogP contribution in [-0.2, 0) is 6.54 Å². The number of ether oxygens (including phenoxy) is 2. The first kappa shape index (κ1) is 20.2. The number of hydrogen-bond acceptors (Lipinski definition) is 4. The molecule has 0 atom stereocenters. The molecular weight excluding hydrogens is 364 g/mol. The number of nitrogens with zero attached hydrogens (tertiary/aromatic N) is 2. The van der Waals surface area contributed by atoms with Crippen molar-refractivity contribution < 1.29 is 9.47 Å². The minimum Gasteiger partial charge on any atom is -0.490 e. The van der Waals surface area contributed by atoms with Crippen molar-refractivity contribution in [1.82, 2.24) is 4.98 Å². The van der Waals surface area contributed by atoms with Gasteiger partial charge in [0.05, 0.1) is 13.2 Å². The Morgan fingerprint density at radius 2 is 1.79 bits per heavy atom. The van der Waals surface area contributed by atoms with E-state index in [1.165, 1.54) is 5.56 Å². The number of aryl methyl sites for hydroxylation is 1. The lowest BCUT2D eigenvalue weighted by Gasteiger charge is -2.13. The first-order chi connectivity index (χ1) is 14.2. The summed E-state index contributed by atoms with van der Waals surface area (Å²) in [7, 11) is 0. The highest BCUT2D eigenvalue weighted by molar-refractivity contribution is 5.92. The fraction of sp³-hybridized carbons (Fsp3) is 0.217. The van der Waals surface area contributed by atoms with Crippen LogP contribution in [0.15, 0.2) is 71.9 Å². The van der Waals surface area contributed by atoms with E-state index in [1.807, 2.05) is 67.6 Å². The normalized spacial score (nSPS) is 11.2. The van der Waals surface area contributed by atoms with Crippen molar-refractivity contribution in [3.8, 4) is 17.4 Å². The van der Waals surface area contributed by atoms with Crippen molar-refractivity contribution >= 4 is 11.6 Å². The minimum absolute atomic E-state index is 0.329. The first-order valence-corrected chi connectivity index (χ1v) is 9.63. The molecule has 1 aromatic heterocycles. The van der Waals surface area contributed by atoms with Gasteiger partial charge in [0.2, 0.25) is 5.88 Å². The predicted octanol–water partition coefficient (Wildman–Crippen LogP) is 4.90. The minimum atomic E-state index is 0.329. The van der Waals surface area contributed by atoms with Crippen molar-refractivity contribution in [3.63, 3.8) is 0 Å². The zero-order valence-corrected chi connectivity index (χ0v) is 16.8. The summed E-state index contributed by atoms with van der Waals surface area (Å²) in [6.07, 6.45) is 2.61. The first-order valence-electron chi connectivity index (χ1n) is 9.63. The van der Waals surface area contributed by atoms with Gasteiger partial charge in [0, 0.05) is 17.4 Å². The molecular formula is C23H26N4O2. The molecule has 0 unspecified atom stereocenters. The van der Waals surface area contributed by atoms with Gasteiger partial charge in [-0.3, -0.25) is 0 Å². The molecule has 29 heavy (non-hydrogen) atoms. The molecule has 6 heteroatoms. The van der Waals surface area contributed by atoms with Crippen LogP contribution in [0.1, 0.15) is 24.5 Å². The van der Waals surface area contributed by atoms with Crippen LogP contribution in [0.4, 0.5) is 5.69 Å². The molecule has 3 aromatic rings. The molecule has 0 aliphatic carbocycles. The van der Waals surface area contributed by atoms with Crippen LogP contribution in [0.3, 0.4) is 0 Å². The molecule has 0 fully saturated rings. The van der Waals surface area contributed by atoms with Crippen LogP contribution in [0.2, 0.25) is 0 Å². The van der Waals surface area contributed by atoms with Gasteiger partial charge >= 0.3 is 0 Å². The molecule has 0 aliphatic heterocycles. The fourth-order valence-corrected chi connectivity index (χ4v) is 2.60. The molecule has 3 N–H and O–H groups in total. The molecule has 6 nitrogen and oxygen atoms in total. The molecule has 2 aromatic carbocycles. The van der Waals surface area contributed by atoms with Crippen molar-refractivity contribution in [2.24, 2.45) is 10.7 Å². The lowest BCUT2D eigenvalue weighted by Crippen LogP contribution is -2.22. The molecule has 150 valence electrons. The third kappa shape index (κ3) is 5.97. The number of nitrogens with two attached hydrogens (primary N) is 1. The van der Waals surface area contributed by atoms with Crippen LogP contribution in [0.25, 0.3) is 0 Å². The van der Waals surface area contributed by atoms with E-state index in [0.717, 1.165) is 17.7 Å². The van der Waals surface area contributed by atoms with E-state index < -0.39 is 0 Å². The van der Waals surface area contributed by atoms with Gasteiger partial charge in [-0.1, -0.05) is 42.8 Å². The molecule has 0 radical (unpaired) electrons. The summed E-state index contributed by atoms with van der Waals surface area (Å²) in [5.41, 5.74) is 8.93. The fourth-order valence-electron chi connectivity index (χ4n) is 2.60. The summed E-state index contributed by atoms with van der Waals surface area (Å²) in [6.45, 7) is 5.07. The zero-order chi connectivity index (χ0) is 20.5. The second-order valence-electron chi connectivity index (χ2n) is 6.56. The molecule has 0 bridgehead atoms. The highest BCUT2D eigenvalue weighted by Crippen LogP contribution is 2.32. The average Bonchev–Trinajstić information content (AvgIpc) is 2.74. The number of benzene rings is 2. The van der Waals surface area contributed by atoms with Gasteiger partial charge in [-0.25, -0.2) is 9.98 Å². The summed E-state index contributed by atoms with van der Waals surface area (Å²) in [4.78, 5) is 8.78.